The van der Waals surface area contributed by atoms with E-state index in [9.17, 15) is 4.55 Å². The molecule has 2 atom stereocenters. The van der Waals surface area contributed by atoms with Crippen LogP contribution < -0.4 is 4.72 Å². The van der Waals surface area contributed by atoms with Crippen molar-refractivity contribution in [1.29, 1.82) is 5.26 Å². The Labute approximate surface area is 83.8 Å². The second kappa shape index (κ2) is 5.48. The van der Waals surface area contributed by atoms with Crippen LogP contribution in [-0.4, -0.2) is 15.3 Å². The molecule has 1 unspecified atom stereocenters. The van der Waals surface area contributed by atoms with Crippen LogP contribution in [0.15, 0.2) is 0 Å². The third kappa shape index (κ3) is 5.14. The van der Waals surface area contributed by atoms with Gasteiger partial charge in [-0.05, 0) is 27.2 Å². The number of hydrogen-bond acceptors (Lipinski definition) is 3. The van der Waals surface area contributed by atoms with Crippen molar-refractivity contribution in [1.82, 2.24) is 4.72 Å². The van der Waals surface area contributed by atoms with Gasteiger partial charge in [-0.1, -0.05) is 13.3 Å². The summed E-state index contributed by atoms with van der Waals surface area (Å²) in [5.41, 5.74) is 0. The molecule has 4 heteroatoms. The minimum Gasteiger partial charge on any atom is -0.598 e. The van der Waals surface area contributed by atoms with Gasteiger partial charge in [0, 0.05) is 11.4 Å². The molecule has 0 aliphatic heterocycles. The Morgan fingerprint density at radius 1 is 1.54 bits per heavy atom. The lowest BCUT2D eigenvalue weighted by atomic mass is 10.2. The average Bonchev–Trinajstić information content (AvgIpc) is 2.01. The Morgan fingerprint density at radius 2 is 2.08 bits per heavy atom. The van der Waals surface area contributed by atoms with E-state index in [1.165, 1.54) is 0 Å². The predicted molar refractivity (Wildman–Crippen MR) is 55.3 cm³/mol. The molecule has 3 nitrogen and oxygen atoms in total. The second-order valence-electron chi connectivity index (χ2n) is 3.97. The molecule has 0 bridgehead atoms. The van der Waals surface area contributed by atoms with Gasteiger partial charge in [0.2, 0.25) is 0 Å². The summed E-state index contributed by atoms with van der Waals surface area (Å²) in [7, 11) is 0. The van der Waals surface area contributed by atoms with Gasteiger partial charge in [-0.3, -0.25) is 0 Å². The maximum absolute atomic E-state index is 11.6. The third-order valence-corrected chi connectivity index (χ3v) is 3.15. The highest BCUT2D eigenvalue weighted by atomic mass is 32.2. The van der Waals surface area contributed by atoms with Gasteiger partial charge in [0.15, 0.2) is 0 Å². The van der Waals surface area contributed by atoms with Crippen molar-refractivity contribution in [2.24, 2.45) is 0 Å². The van der Waals surface area contributed by atoms with Crippen molar-refractivity contribution >= 4 is 11.4 Å². The van der Waals surface area contributed by atoms with Crippen LogP contribution >= 0.6 is 0 Å². The monoisotopic (exact) mass is 202 g/mol. The first-order valence-electron chi connectivity index (χ1n) is 4.49. The van der Waals surface area contributed by atoms with Crippen LogP contribution in [0, 0.1) is 11.3 Å². The fraction of sp³-hybridized carbons (Fsp3) is 0.889. The molecule has 0 aliphatic rings. The number of rotatable bonds is 4. The molecule has 0 aromatic heterocycles. The molecule has 0 aromatic rings. The van der Waals surface area contributed by atoms with E-state index in [-0.39, 0.29) is 10.8 Å². The molecule has 0 heterocycles. The Hall–Kier alpha value is -0.240. The summed E-state index contributed by atoms with van der Waals surface area (Å²) in [4.78, 5) is 0. The number of nitriles is 1. The van der Waals surface area contributed by atoms with E-state index in [1.54, 1.807) is 0 Å². The summed E-state index contributed by atoms with van der Waals surface area (Å²) in [6.45, 7) is 7.66. The zero-order valence-electron chi connectivity index (χ0n) is 8.76. The van der Waals surface area contributed by atoms with E-state index in [0.29, 0.717) is 0 Å². The lowest BCUT2D eigenvalue weighted by Gasteiger charge is -2.25. The van der Waals surface area contributed by atoms with Crippen molar-refractivity contribution < 1.29 is 4.55 Å². The van der Waals surface area contributed by atoms with Crippen molar-refractivity contribution in [2.75, 3.05) is 0 Å². The molecule has 0 spiro atoms. The normalized spacial score (nSPS) is 16.3. The first-order valence-corrected chi connectivity index (χ1v) is 5.64. The molecular weight excluding hydrogens is 184 g/mol. The fourth-order valence-electron chi connectivity index (χ4n) is 0.744. The first-order chi connectivity index (χ1) is 5.91. The summed E-state index contributed by atoms with van der Waals surface area (Å²) in [5, 5.41) is 8.72. The van der Waals surface area contributed by atoms with Crippen molar-refractivity contribution in [3.8, 4) is 6.07 Å². The second-order valence-corrected chi connectivity index (χ2v) is 5.97. The molecule has 0 amide bonds. The minimum atomic E-state index is -1.14. The van der Waals surface area contributed by atoms with Crippen molar-refractivity contribution in [3.05, 3.63) is 0 Å². The van der Waals surface area contributed by atoms with E-state index in [2.05, 4.69) is 10.8 Å². The van der Waals surface area contributed by atoms with Crippen LogP contribution in [0.5, 0.6) is 0 Å². The van der Waals surface area contributed by atoms with Crippen LogP contribution in [0.3, 0.4) is 0 Å². The number of hydrogen-bond donors (Lipinski definition) is 1. The maximum atomic E-state index is 11.6. The Bertz CT molecular complexity index is 183. The lowest BCUT2D eigenvalue weighted by molar-refractivity contribution is 0.529. The zero-order valence-corrected chi connectivity index (χ0v) is 9.57. The molecular formula is C9H18N2OS. The van der Waals surface area contributed by atoms with E-state index in [0.717, 1.165) is 12.8 Å². The van der Waals surface area contributed by atoms with Crippen LogP contribution in [-0.2, 0) is 11.4 Å². The van der Waals surface area contributed by atoms with Crippen molar-refractivity contribution in [2.45, 2.75) is 51.3 Å². The summed E-state index contributed by atoms with van der Waals surface area (Å²) in [6, 6.07) is 1.81. The van der Waals surface area contributed by atoms with E-state index in [1.807, 2.05) is 27.7 Å². The van der Waals surface area contributed by atoms with Gasteiger partial charge < -0.3 is 4.55 Å². The van der Waals surface area contributed by atoms with Crippen LogP contribution in [0.4, 0.5) is 0 Å². The Kier molecular flexibility index (Phi) is 5.38. The Balaban J connectivity index is 4.03. The summed E-state index contributed by atoms with van der Waals surface area (Å²) >= 11 is -1.14. The summed E-state index contributed by atoms with van der Waals surface area (Å²) in [5.74, 6) is 0. The minimum absolute atomic E-state index is 0.287. The van der Waals surface area contributed by atoms with Gasteiger partial charge in [0.1, 0.15) is 10.8 Å². The molecule has 76 valence electrons. The number of nitrogens with zero attached hydrogens (tertiary/aromatic N) is 1. The average molecular weight is 202 g/mol. The molecule has 0 saturated heterocycles. The molecule has 0 fully saturated rings. The van der Waals surface area contributed by atoms with E-state index >= 15 is 0 Å². The topological polar surface area (TPSA) is 58.9 Å². The van der Waals surface area contributed by atoms with E-state index < -0.39 is 11.4 Å². The molecule has 0 saturated carbocycles. The summed E-state index contributed by atoms with van der Waals surface area (Å²) in [6.07, 6.45) is 1.67. The van der Waals surface area contributed by atoms with Crippen molar-refractivity contribution in [3.63, 3.8) is 0 Å². The molecule has 0 radical (unpaired) electrons. The zero-order chi connectivity index (χ0) is 10.5. The smallest absolute Gasteiger partial charge is 0.139 e. The largest absolute Gasteiger partial charge is 0.598 e. The van der Waals surface area contributed by atoms with E-state index in [4.69, 9.17) is 5.26 Å². The standard InChI is InChI=1S/C9H18N2OS/c1-5-6-8(7-10)11-13(12)9(2,3)4/h8,11H,5-6H2,1-4H3/t8-,13?/m0/s1. The third-order valence-electron chi connectivity index (χ3n) is 1.54. The highest BCUT2D eigenvalue weighted by Crippen LogP contribution is 2.14. The fourth-order valence-corrected chi connectivity index (χ4v) is 1.53. The molecule has 0 rings (SSSR count). The first kappa shape index (κ1) is 12.8. The van der Waals surface area contributed by atoms with Crippen LogP contribution in [0.1, 0.15) is 40.5 Å². The Morgan fingerprint density at radius 3 is 2.38 bits per heavy atom. The summed E-state index contributed by atoms with van der Waals surface area (Å²) < 4.78 is 14.1. The molecule has 0 aliphatic carbocycles. The molecule has 1 N–H and O–H groups in total. The van der Waals surface area contributed by atoms with Gasteiger partial charge in [-0.2, -0.15) is 5.26 Å². The lowest BCUT2D eigenvalue weighted by Crippen LogP contribution is -2.44. The van der Waals surface area contributed by atoms with Gasteiger partial charge in [0.25, 0.3) is 0 Å². The molecule has 13 heavy (non-hydrogen) atoms. The van der Waals surface area contributed by atoms with Crippen LogP contribution in [0.2, 0.25) is 0 Å². The highest BCUT2D eigenvalue weighted by Gasteiger charge is 2.28. The SMILES string of the molecule is CCC[C@@H](C#N)N[S+]([O-])C(C)(C)C. The van der Waals surface area contributed by atoms with Gasteiger partial charge in [-0.25, -0.2) is 0 Å². The maximum Gasteiger partial charge on any atom is 0.139 e. The van der Waals surface area contributed by atoms with Gasteiger partial charge >= 0.3 is 0 Å². The van der Waals surface area contributed by atoms with Crippen LogP contribution in [0.25, 0.3) is 0 Å². The number of nitrogens with one attached hydrogen (secondary N) is 1. The van der Waals surface area contributed by atoms with Gasteiger partial charge in [-0.15, -0.1) is 4.72 Å². The predicted octanol–water partition coefficient (Wildman–Crippen LogP) is 1.73. The van der Waals surface area contributed by atoms with Gasteiger partial charge in [0.05, 0.1) is 6.07 Å². The quantitative estimate of drug-likeness (QED) is 0.706. The highest BCUT2D eigenvalue weighted by molar-refractivity contribution is 7.90. The molecule has 0 aromatic carbocycles.